The molecule has 0 fully saturated rings. The minimum Gasteiger partial charge on any atom is -0.278 e. The molecule has 0 saturated heterocycles. The second kappa shape index (κ2) is 8.13. The number of anilines is 1. The molecule has 0 spiro atoms. The molecule has 0 N–H and O–H groups in total. The van der Waals surface area contributed by atoms with Crippen molar-refractivity contribution in [1.29, 1.82) is 0 Å². The molecule has 0 radical (unpaired) electrons. The predicted molar refractivity (Wildman–Crippen MR) is 120 cm³/mol. The number of hydrogen-bond donors (Lipinski definition) is 0. The van der Waals surface area contributed by atoms with Gasteiger partial charge in [-0.2, -0.15) is 0 Å². The zero-order chi connectivity index (χ0) is 20.4. The quantitative estimate of drug-likeness (QED) is 0.430. The molecule has 2 heterocycles. The number of pyridine rings is 1. The Balaban J connectivity index is 1.81. The number of thiazole rings is 1. The SMILES string of the molecule is CCc1cccc2sc(N(Cc3ccccn3)C(=O)c3ccc(C)cc3C)nc12. The van der Waals surface area contributed by atoms with Crippen LogP contribution in [-0.4, -0.2) is 15.9 Å². The topological polar surface area (TPSA) is 46.1 Å². The molecule has 29 heavy (non-hydrogen) atoms. The number of carbonyl (C=O) groups is 1. The van der Waals surface area contributed by atoms with Crippen LogP contribution in [0.2, 0.25) is 0 Å². The van der Waals surface area contributed by atoms with Gasteiger partial charge in [0.05, 0.1) is 22.5 Å². The fourth-order valence-electron chi connectivity index (χ4n) is 3.47. The Morgan fingerprint density at radius 2 is 1.93 bits per heavy atom. The van der Waals surface area contributed by atoms with Gasteiger partial charge in [-0.3, -0.25) is 14.7 Å². The molecule has 0 aliphatic carbocycles. The van der Waals surface area contributed by atoms with Crippen LogP contribution in [0.25, 0.3) is 10.2 Å². The van der Waals surface area contributed by atoms with Crippen LogP contribution in [0, 0.1) is 13.8 Å². The standard InChI is InChI=1S/C24H23N3OS/c1-4-18-8-7-10-21-22(18)26-24(29-21)27(15-19-9-5-6-13-25-19)23(28)20-12-11-16(2)14-17(20)3/h5-14H,4,15H2,1-3H3. The van der Waals surface area contributed by atoms with Crippen molar-refractivity contribution in [2.45, 2.75) is 33.7 Å². The summed E-state index contributed by atoms with van der Waals surface area (Å²) >= 11 is 1.55. The maximum Gasteiger partial charge on any atom is 0.260 e. The molecule has 0 atom stereocenters. The van der Waals surface area contributed by atoms with Crippen molar-refractivity contribution in [2.75, 3.05) is 4.90 Å². The summed E-state index contributed by atoms with van der Waals surface area (Å²) in [5.41, 5.74) is 5.82. The smallest absolute Gasteiger partial charge is 0.260 e. The van der Waals surface area contributed by atoms with E-state index in [1.54, 1.807) is 22.4 Å². The third-order valence-electron chi connectivity index (χ3n) is 5.01. The maximum atomic E-state index is 13.6. The summed E-state index contributed by atoms with van der Waals surface area (Å²) in [6.07, 6.45) is 2.66. The van der Waals surface area contributed by atoms with Crippen LogP contribution in [0.15, 0.2) is 60.8 Å². The zero-order valence-corrected chi connectivity index (χ0v) is 17.7. The van der Waals surface area contributed by atoms with Gasteiger partial charge in [0, 0.05) is 11.8 Å². The maximum absolute atomic E-state index is 13.6. The summed E-state index contributed by atoms with van der Waals surface area (Å²) in [7, 11) is 0. The van der Waals surface area contributed by atoms with Gasteiger partial charge in [-0.05, 0) is 55.7 Å². The van der Waals surface area contributed by atoms with Crippen molar-refractivity contribution in [2.24, 2.45) is 0 Å². The lowest BCUT2D eigenvalue weighted by atomic mass is 10.0. The second-order valence-electron chi connectivity index (χ2n) is 7.14. The van der Waals surface area contributed by atoms with E-state index in [9.17, 15) is 4.79 Å². The fourth-order valence-corrected chi connectivity index (χ4v) is 4.48. The Kier molecular flexibility index (Phi) is 5.41. The van der Waals surface area contributed by atoms with E-state index in [1.165, 1.54) is 5.56 Å². The molecule has 0 saturated carbocycles. The van der Waals surface area contributed by atoms with Crippen LogP contribution in [0.5, 0.6) is 0 Å². The molecule has 0 bridgehead atoms. The molecular weight excluding hydrogens is 378 g/mol. The van der Waals surface area contributed by atoms with Crippen molar-refractivity contribution in [3.8, 4) is 0 Å². The highest BCUT2D eigenvalue weighted by Crippen LogP contribution is 2.33. The van der Waals surface area contributed by atoms with E-state index >= 15 is 0 Å². The Morgan fingerprint density at radius 1 is 1.07 bits per heavy atom. The van der Waals surface area contributed by atoms with Gasteiger partial charge in [0.1, 0.15) is 0 Å². The molecule has 5 heteroatoms. The van der Waals surface area contributed by atoms with E-state index in [4.69, 9.17) is 4.98 Å². The Hall–Kier alpha value is -3.05. The van der Waals surface area contributed by atoms with Gasteiger partial charge < -0.3 is 0 Å². The average molecular weight is 402 g/mol. The van der Waals surface area contributed by atoms with E-state index in [2.05, 4.69) is 30.1 Å². The van der Waals surface area contributed by atoms with Crippen molar-refractivity contribution < 1.29 is 4.79 Å². The van der Waals surface area contributed by atoms with Crippen molar-refractivity contribution in [3.63, 3.8) is 0 Å². The monoisotopic (exact) mass is 401 g/mol. The molecule has 2 aromatic carbocycles. The Bertz CT molecular complexity index is 1170. The second-order valence-corrected chi connectivity index (χ2v) is 8.15. The first-order chi connectivity index (χ1) is 14.1. The van der Waals surface area contributed by atoms with Gasteiger partial charge in [-0.1, -0.05) is 54.2 Å². The lowest BCUT2D eigenvalue weighted by Crippen LogP contribution is -2.31. The number of nitrogens with zero attached hydrogens (tertiary/aromatic N) is 3. The number of fused-ring (bicyclic) bond motifs is 1. The number of benzene rings is 2. The van der Waals surface area contributed by atoms with E-state index in [-0.39, 0.29) is 5.91 Å². The van der Waals surface area contributed by atoms with Gasteiger partial charge >= 0.3 is 0 Å². The molecule has 146 valence electrons. The highest BCUT2D eigenvalue weighted by molar-refractivity contribution is 7.22. The van der Waals surface area contributed by atoms with Crippen molar-refractivity contribution in [3.05, 3.63) is 88.7 Å². The van der Waals surface area contributed by atoms with Crippen LogP contribution in [0.4, 0.5) is 5.13 Å². The lowest BCUT2D eigenvalue weighted by Gasteiger charge is -2.20. The molecule has 1 amide bonds. The predicted octanol–water partition coefficient (Wildman–Crippen LogP) is 5.72. The fraction of sp³-hybridized carbons (Fsp3) is 0.208. The van der Waals surface area contributed by atoms with E-state index in [0.29, 0.717) is 17.2 Å². The Labute approximate surface area is 174 Å². The van der Waals surface area contributed by atoms with Crippen LogP contribution in [0.3, 0.4) is 0 Å². The molecule has 2 aromatic heterocycles. The summed E-state index contributed by atoms with van der Waals surface area (Å²) in [6, 6.07) is 17.9. The van der Waals surface area contributed by atoms with Crippen LogP contribution in [-0.2, 0) is 13.0 Å². The van der Waals surface area contributed by atoms with Gasteiger partial charge in [0.15, 0.2) is 5.13 Å². The zero-order valence-electron chi connectivity index (χ0n) is 16.8. The number of rotatable bonds is 5. The largest absolute Gasteiger partial charge is 0.278 e. The first kappa shape index (κ1) is 19.3. The summed E-state index contributed by atoms with van der Waals surface area (Å²) in [6.45, 7) is 6.52. The van der Waals surface area contributed by atoms with Gasteiger partial charge in [0.2, 0.25) is 0 Å². The van der Waals surface area contributed by atoms with Crippen LogP contribution in [0.1, 0.15) is 39.7 Å². The first-order valence-corrected chi connectivity index (χ1v) is 10.6. The van der Waals surface area contributed by atoms with Crippen LogP contribution < -0.4 is 4.90 Å². The van der Waals surface area contributed by atoms with E-state index in [1.807, 2.05) is 50.2 Å². The molecule has 0 unspecified atom stereocenters. The van der Waals surface area contributed by atoms with Gasteiger partial charge in [-0.25, -0.2) is 4.98 Å². The minimum absolute atomic E-state index is 0.0507. The van der Waals surface area contributed by atoms with E-state index in [0.717, 1.165) is 33.5 Å². The number of aryl methyl sites for hydroxylation is 3. The third-order valence-corrected chi connectivity index (χ3v) is 6.05. The number of amides is 1. The molecular formula is C24H23N3OS. The highest BCUT2D eigenvalue weighted by Gasteiger charge is 2.24. The van der Waals surface area contributed by atoms with Gasteiger partial charge in [-0.15, -0.1) is 0 Å². The van der Waals surface area contributed by atoms with Crippen LogP contribution >= 0.6 is 11.3 Å². The highest BCUT2D eigenvalue weighted by atomic mass is 32.1. The van der Waals surface area contributed by atoms with Crippen molar-refractivity contribution in [1.82, 2.24) is 9.97 Å². The normalized spacial score (nSPS) is 11.0. The molecule has 4 aromatic rings. The summed E-state index contributed by atoms with van der Waals surface area (Å²) in [4.78, 5) is 24.6. The summed E-state index contributed by atoms with van der Waals surface area (Å²) < 4.78 is 1.10. The summed E-state index contributed by atoms with van der Waals surface area (Å²) in [5, 5.41) is 0.705. The molecule has 4 nitrogen and oxygen atoms in total. The first-order valence-electron chi connectivity index (χ1n) is 9.74. The van der Waals surface area contributed by atoms with Crippen molar-refractivity contribution >= 4 is 32.6 Å². The minimum atomic E-state index is -0.0507. The average Bonchev–Trinajstić information content (AvgIpc) is 3.16. The molecule has 0 aliphatic rings. The lowest BCUT2D eigenvalue weighted by molar-refractivity contribution is 0.0984. The van der Waals surface area contributed by atoms with Gasteiger partial charge in [0.25, 0.3) is 5.91 Å². The third kappa shape index (κ3) is 3.91. The molecule has 4 rings (SSSR count). The van der Waals surface area contributed by atoms with E-state index < -0.39 is 0 Å². The number of para-hydroxylation sites is 1. The Morgan fingerprint density at radius 3 is 2.66 bits per heavy atom. The number of hydrogen-bond acceptors (Lipinski definition) is 4. The molecule has 0 aliphatic heterocycles. The summed E-state index contributed by atoms with van der Waals surface area (Å²) in [5.74, 6) is -0.0507. The number of aromatic nitrogens is 2. The number of carbonyl (C=O) groups excluding carboxylic acids is 1.